The van der Waals surface area contributed by atoms with E-state index in [1.165, 1.54) is 25.3 Å². The van der Waals surface area contributed by atoms with Crippen LogP contribution in [-0.4, -0.2) is 25.7 Å². The van der Waals surface area contributed by atoms with E-state index in [1.807, 2.05) is 0 Å². The van der Waals surface area contributed by atoms with Crippen molar-refractivity contribution in [3.8, 4) is 23.0 Å². The second-order valence-corrected chi connectivity index (χ2v) is 8.20. The molecule has 0 saturated heterocycles. The second kappa shape index (κ2) is 10.1. The molecule has 0 spiro atoms. The number of hydrogen-bond acceptors (Lipinski definition) is 9. The van der Waals surface area contributed by atoms with Crippen LogP contribution in [0.3, 0.4) is 0 Å². The molecule has 5 aromatic rings. The third-order valence-corrected chi connectivity index (χ3v) is 5.71. The van der Waals surface area contributed by atoms with E-state index in [0.717, 1.165) is 0 Å². The summed E-state index contributed by atoms with van der Waals surface area (Å²) in [6.45, 7) is 3.58. The molecular formula is C29H22O9. The number of fused-ring (bicyclic) bond motifs is 2. The minimum Gasteiger partial charge on any atom is -0.493 e. The summed E-state index contributed by atoms with van der Waals surface area (Å²) in [5.74, 6) is 0.0796. The van der Waals surface area contributed by atoms with E-state index in [4.69, 9.17) is 27.8 Å². The molecule has 0 aliphatic carbocycles. The fraction of sp³-hybridized carbons (Fsp3) is 0.138. The molecule has 0 radical (unpaired) electrons. The Hall–Kier alpha value is -5.05. The molecule has 0 atom stereocenters. The largest absolute Gasteiger partial charge is 0.493 e. The Labute approximate surface area is 216 Å². The van der Waals surface area contributed by atoms with Crippen molar-refractivity contribution in [2.24, 2.45) is 0 Å². The number of para-hydroxylation sites is 1. The van der Waals surface area contributed by atoms with Gasteiger partial charge in [0.1, 0.15) is 22.8 Å². The van der Waals surface area contributed by atoms with Crippen molar-refractivity contribution in [1.29, 1.82) is 0 Å². The molecule has 0 aliphatic heterocycles. The number of aryl methyl sites for hydroxylation is 1. The van der Waals surface area contributed by atoms with Gasteiger partial charge in [0, 0.05) is 11.5 Å². The first-order valence-corrected chi connectivity index (χ1v) is 11.7. The molecule has 9 nitrogen and oxygen atoms in total. The zero-order chi connectivity index (χ0) is 26.8. The normalized spacial score (nSPS) is 10.9. The maximum absolute atomic E-state index is 13.1. The van der Waals surface area contributed by atoms with Crippen molar-refractivity contribution in [3.05, 3.63) is 94.0 Å². The Morgan fingerprint density at radius 3 is 2.39 bits per heavy atom. The smallest absolute Gasteiger partial charge is 0.379 e. The van der Waals surface area contributed by atoms with Crippen LogP contribution in [0.4, 0.5) is 0 Å². The molecule has 9 heteroatoms. The van der Waals surface area contributed by atoms with E-state index in [0.29, 0.717) is 28.0 Å². The van der Waals surface area contributed by atoms with E-state index in [-0.39, 0.29) is 40.6 Å². The van der Waals surface area contributed by atoms with Gasteiger partial charge in [0.25, 0.3) is 0 Å². The highest BCUT2D eigenvalue weighted by atomic mass is 16.6. The van der Waals surface area contributed by atoms with E-state index in [9.17, 15) is 14.4 Å². The fourth-order valence-electron chi connectivity index (χ4n) is 3.90. The van der Waals surface area contributed by atoms with Gasteiger partial charge in [0.05, 0.1) is 24.7 Å². The Bertz CT molecular complexity index is 1730. The summed E-state index contributed by atoms with van der Waals surface area (Å²) in [5, 5.41) is 0.932. The first-order valence-electron chi connectivity index (χ1n) is 11.7. The summed E-state index contributed by atoms with van der Waals surface area (Å²) in [6, 6.07) is 17.5. The van der Waals surface area contributed by atoms with E-state index in [1.54, 1.807) is 62.4 Å². The Morgan fingerprint density at radius 2 is 1.66 bits per heavy atom. The quantitative estimate of drug-likeness (QED) is 0.189. The van der Waals surface area contributed by atoms with Crippen LogP contribution in [0, 0.1) is 6.92 Å². The summed E-state index contributed by atoms with van der Waals surface area (Å²) in [5.41, 5.74) is 0.616. The summed E-state index contributed by atoms with van der Waals surface area (Å²) < 4.78 is 32.9. The number of benzene rings is 3. The number of hydrogen-bond donors (Lipinski definition) is 0. The van der Waals surface area contributed by atoms with Gasteiger partial charge in [-0.1, -0.05) is 12.1 Å². The van der Waals surface area contributed by atoms with E-state index in [2.05, 4.69) is 0 Å². The molecule has 5 rings (SSSR count). The van der Waals surface area contributed by atoms with E-state index < -0.39 is 17.4 Å². The highest BCUT2D eigenvalue weighted by molar-refractivity contribution is 5.95. The van der Waals surface area contributed by atoms with Crippen LogP contribution >= 0.6 is 0 Å². The van der Waals surface area contributed by atoms with Gasteiger partial charge in [0.15, 0.2) is 11.3 Å². The van der Waals surface area contributed by atoms with Crippen molar-refractivity contribution >= 4 is 33.9 Å². The van der Waals surface area contributed by atoms with Crippen LogP contribution in [0.25, 0.3) is 21.9 Å². The molecule has 38 heavy (non-hydrogen) atoms. The number of ether oxygens (including phenoxy) is 4. The van der Waals surface area contributed by atoms with Crippen LogP contribution in [0.2, 0.25) is 0 Å². The number of rotatable bonds is 7. The van der Waals surface area contributed by atoms with E-state index >= 15 is 0 Å². The van der Waals surface area contributed by atoms with Gasteiger partial charge in [-0.3, -0.25) is 4.79 Å². The lowest BCUT2D eigenvalue weighted by Crippen LogP contribution is -2.09. The highest BCUT2D eigenvalue weighted by Gasteiger charge is 2.19. The monoisotopic (exact) mass is 514 g/mol. The molecule has 0 amide bonds. The molecule has 192 valence electrons. The highest BCUT2D eigenvalue weighted by Crippen LogP contribution is 2.30. The van der Waals surface area contributed by atoms with Gasteiger partial charge >= 0.3 is 11.9 Å². The van der Waals surface area contributed by atoms with Crippen molar-refractivity contribution in [2.75, 3.05) is 13.7 Å². The molecule has 0 aliphatic rings. The predicted molar refractivity (Wildman–Crippen MR) is 137 cm³/mol. The molecule has 2 aromatic heterocycles. The molecule has 0 N–H and O–H groups in total. The number of carbonyl (C=O) groups excluding carboxylic acids is 2. The minimum atomic E-state index is -0.715. The second-order valence-electron chi connectivity index (χ2n) is 8.20. The molecule has 2 heterocycles. The van der Waals surface area contributed by atoms with Crippen molar-refractivity contribution in [2.45, 2.75) is 13.8 Å². The van der Waals surface area contributed by atoms with Crippen LogP contribution in [0.5, 0.6) is 23.0 Å². The van der Waals surface area contributed by atoms with Gasteiger partial charge < -0.3 is 27.8 Å². The average Bonchev–Trinajstić information content (AvgIpc) is 3.36. The molecule has 0 fully saturated rings. The Morgan fingerprint density at radius 1 is 0.895 bits per heavy atom. The molecule has 0 saturated carbocycles. The van der Waals surface area contributed by atoms with Gasteiger partial charge in [0.2, 0.25) is 16.9 Å². The molecule has 3 aromatic carbocycles. The number of carbonyl (C=O) groups is 2. The van der Waals surface area contributed by atoms with Gasteiger partial charge in [-0.15, -0.1) is 0 Å². The third-order valence-electron chi connectivity index (χ3n) is 5.71. The van der Waals surface area contributed by atoms with Crippen molar-refractivity contribution < 1.29 is 37.4 Å². The number of methoxy groups -OCH3 is 1. The maximum Gasteiger partial charge on any atom is 0.379 e. The predicted octanol–water partition coefficient (Wildman–Crippen LogP) is 6.04. The third kappa shape index (κ3) is 4.69. The summed E-state index contributed by atoms with van der Waals surface area (Å²) in [4.78, 5) is 37.7. The zero-order valence-corrected chi connectivity index (χ0v) is 20.7. The maximum atomic E-state index is 13.1. The lowest BCUT2D eigenvalue weighted by Gasteiger charge is -2.10. The molecule has 0 bridgehead atoms. The first kappa shape index (κ1) is 24.6. The molecular weight excluding hydrogens is 492 g/mol. The number of esters is 2. The van der Waals surface area contributed by atoms with Gasteiger partial charge in [-0.05, 0) is 62.4 Å². The van der Waals surface area contributed by atoms with Crippen LogP contribution in [-0.2, 0) is 4.74 Å². The number of furan rings is 1. The van der Waals surface area contributed by atoms with Crippen LogP contribution in [0.15, 0.2) is 80.4 Å². The fourth-order valence-corrected chi connectivity index (χ4v) is 3.90. The topological polar surface area (TPSA) is 114 Å². The van der Waals surface area contributed by atoms with Crippen molar-refractivity contribution in [1.82, 2.24) is 0 Å². The minimum absolute atomic E-state index is 0.0000433. The standard InChI is InChI=1S/C29H22O9/c1-4-34-28(31)17-8-10-19(11-9-17)36-26-16(2)35-23-15-20(12-13-21(23)25(26)30)37-29(32)24-14-18-6-5-7-22(33-3)27(18)38-24/h5-15H,4H2,1-3H3. The SMILES string of the molecule is CCOC(=O)c1ccc(Oc2c(C)oc3cc(OC(=O)c4cc5cccc(OC)c5o4)ccc3c2=O)cc1. The molecule has 0 unspecified atom stereocenters. The average molecular weight is 514 g/mol. The first-order chi connectivity index (χ1) is 18.4. The van der Waals surface area contributed by atoms with Crippen LogP contribution in [0.1, 0.15) is 33.6 Å². The van der Waals surface area contributed by atoms with Gasteiger partial charge in [-0.25, -0.2) is 9.59 Å². The van der Waals surface area contributed by atoms with Gasteiger partial charge in [-0.2, -0.15) is 0 Å². The summed E-state index contributed by atoms with van der Waals surface area (Å²) in [7, 11) is 1.51. The summed E-state index contributed by atoms with van der Waals surface area (Å²) >= 11 is 0. The zero-order valence-electron chi connectivity index (χ0n) is 20.7. The summed E-state index contributed by atoms with van der Waals surface area (Å²) in [6.07, 6.45) is 0. The van der Waals surface area contributed by atoms with Crippen LogP contribution < -0.4 is 19.6 Å². The Kier molecular flexibility index (Phi) is 6.57. The van der Waals surface area contributed by atoms with Crippen molar-refractivity contribution in [3.63, 3.8) is 0 Å². The lowest BCUT2D eigenvalue weighted by atomic mass is 10.2. The Balaban J connectivity index is 1.38. The lowest BCUT2D eigenvalue weighted by molar-refractivity contribution is 0.0526.